The minimum absolute atomic E-state index is 0.0611. The van der Waals surface area contributed by atoms with Crippen molar-refractivity contribution in [1.82, 2.24) is 0 Å². The van der Waals surface area contributed by atoms with Crippen molar-refractivity contribution in [2.24, 2.45) is 0 Å². The molecule has 0 saturated carbocycles. The highest BCUT2D eigenvalue weighted by atomic mass is 16.7. The number of nitro benzene ring substituents is 1. The van der Waals surface area contributed by atoms with Crippen LogP contribution in [0.15, 0.2) is 42.5 Å². The van der Waals surface area contributed by atoms with Crippen molar-refractivity contribution in [3.8, 4) is 5.75 Å². The first kappa shape index (κ1) is 16.1. The second kappa shape index (κ2) is 6.65. The predicted molar refractivity (Wildman–Crippen MR) is 85.8 cm³/mol. The van der Waals surface area contributed by atoms with Gasteiger partial charge in [0.1, 0.15) is 5.69 Å². The molecule has 8 nitrogen and oxygen atoms in total. The fraction of sp³-hybridized carbons (Fsp3) is 0.133. The number of nitro groups is 1. The van der Waals surface area contributed by atoms with Gasteiger partial charge in [0.2, 0.25) is 0 Å². The molecule has 0 saturated heterocycles. The summed E-state index contributed by atoms with van der Waals surface area (Å²) in [4.78, 5) is 23.2. The fourth-order valence-corrected chi connectivity index (χ4v) is 1.95. The van der Waals surface area contributed by atoms with Crippen molar-refractivity contribution in [2.75, 3.05) is 24.3 Å². The Bertz CT molecular complexity index is 746. The Morgan fingerprint density at radius 3 is 2.52 bits per heavy atom. The van der Waals surface area contributed by atoms with Crippen LogP contribution < -0.4 is 15.0 Å². The molecule has 0 aliphatic carbocycles. The number of nitrogens with one attached hydrogen (secondary N) is 1. The average molecular weight is 317 g/mol. The molecule has 0 aliphatic heterocycles. The SMILES string of the molecule is CN(C)c1ccc(Nc2ccccc2OC(=O)O)c([N+](=O)[O-])c1. The lowest BCUT2D eigenvalue weighted by Gasteiger charge is -2.15. The zero-order chi connectivity index (χ0) is 17.0. The number of benzene rings is 2. The van der Waals surface area contributed by atoms with Crippen LogP contribution in [0.3, 0.4) is 0 Å². The number of anilines is 3. The lowest BCUT2D eigenvalue weighted by atomic mass is 10.2. The topological polar surface area (TPSA) is 105 Å². The second-order valence-corrected chi connectivity index (χ2v) is 4.84. The monoisotopic (exact) mass is 317 g/mol. The number of ether oxygens (including phenoxy) is 1. The Morgan fingerprint density at radius 2 is 1.91 bits per heavy atom. The van der Waals surface area contributed by atoms with Gasteiger partial charge in [0.25, 0.3) is 5.69 Å². The largest absolute Gasteiger partial charge is 0.511 e. The summed E-state index contributed by atoms with van der Waals surface area (Å²) in [6, 6.07) is 11.0. The number of para-hydroxylation sites is 2. The number of carboxylic acid groups (broad SMARTS) is 1. The number of carbonyl (C=O) groups is 1. The Morgan fingerprint density at radius 1 is 1.22 bits per heavy atom. The lowest BCUT2D eigenvalue weighted by Crippen LogP contribution is -2.09. The molecule has 2 aromatic rings. The molecule has 0 heterocycles. The van der Waals surface area contributed by atoms with Gasteiger partial charge in [-0.25, -0.2) is 4.79 Å². The third-order valence-corrected chi connectivity index (χ3v) is 3.05. The summed E-state index contributed by atoms with van der Waals surface area (Å²) in [6.07, 6.45) is -1.46. The van der Waals surface area contributed by atoms with E-state index in [1.807, 2.05) is 0 Å². The first-order chi connectivity index (χ1) is 10.9. The zero-order valence-electron chi connectivity index (χ0n) is 12.5. The summed E-state index contributed by atoms with van der Waals surface area (Å²) < 4.78 is 4.66. The highest BCUT2D eigenvalue weighted by Gasteiger charge is 2.17. The highest BCUT2D eigenvalue weighted by molar-refractivity contribution is 5.77. The van der Waals surface area contributed by atoms with Crippen molar-refractivity contribution >= 4 is 28.9 Å². The van der Waals surface area contributed by atoms with E-state index in [0.717, 1.165) is 0 Å². The van der Waals surface area contributed by atoms with Crippen LogP contribution in [-0.2, 0) is 0 Å². The van der Waals surface area contributed by atoms with Crippen LogP contribution in [-0.4, -0.2) is 30.3 Å². The second-order valence-electron chi connectivity index (χ2n) is 4.84. The molecule has 8 heteroatoms. The van der Waals surface area contributed by atoms with E-state index in [1.54, 1.807) is 49.3 Å². The first-order valence-corrected chi connectivity index (χ1v) is 6.61. The van der Waals surface area contributed by atoms with E-state index in [9.17, 15) is 14.9 Å². The van der Waals surface area contributed by atoms with Crippen molar-refractivity contribution < 1.29 is 19.6 Å². The van der Waals surface area contributed by atoms with Crippen LogP contribution >= 0.6 is 0 Å². The van der Waals surface area contributed by atoms with Crippen LogP contribution in [0.4, 0.5) is 27.5 Å². The summed E-state index contributed by atoms with van der Waals surface area (Å²) in [7, 11) is 3.56. The summed E-state index contributed by atoms with van der Waals surface area (Å²) in [5.41, 5.74) is 1.11. The van der Waals surface area contributed by atoms with Gasteiger partial charge in [0, 0.05) is 25.8 Å². The van der Waals surface area contributed by atoms with Gasteiger partial charge < -0.3 is 20.1 Å². The molecule has 0 fully saturated rings. The van der Waals surface area contributed by atoms with Gasteiger partial charge in [-0.3, -0.25) is 10.1 Å². The molecule has 0 amide bonds. The molecule has 2 N–H and O–H groups in total. The van der Waals surface area contributed by atoms with Gasteiger partial charge in [-0.15, -0.1) is 0 Å². The standard InChI is InChI=1S/C15H15N3O5/c1-17(2)10-7-8-11(13(9-10)18(21)22)16-12-5-3-4-6-14(12)23-15(19)20/h3-9,16H,1-2H3,(H,19,20). The average Bonchev–Trinajstić information content (AvgIpc) is 2.48. The lowest BCUT2D eigenvalue weighted by molar-refractivity contribution is -0.383. The Hall–Kier alpha value is -3.29. The van der Waals surface area contributed by atoms with Crippen LogP contribution in [0, 0.1) is 10.1 Å². The van der Waals surface area contributed by atoms with Crippen LogP contribution in [0.2, 0.25) is 0 Å². The molecule has 2 rings (SSSR count). The quantitative estimate of drug-likeness (QED) is 0.376. The van der Waals surface area contributed by atoms with Crippen LogP contribution in [0.5, 0.6) is 5.75 Å². The van der Waals surface area contributed by atoms with Gasteiger partial charge >= 0.3 is 6.16 Å². The zero-order valence-corrected chi connectivity index (χ0v) is 12.5. The van der Waals surface area contributed by atoms with Gasteiger partial charge in [-0.05, 0) is 24.3 Å². The normalized spacial score (nSPS) is 10.0. The van der Waals surface area contributed by atoms with Gasteiger partial charge in [-0.2, -0.15) is 0 Å². The molecule has 2 aromatic carbocycles. The van der Waals surface area contributed by atoms with E-state index in [1.165, 1.54) is 12.1 Å². The molecule has 0 aliphatic rings. The molecule has 0 bridgehead atoms. The minimum Gasteiger partial charge on any atom is -0.449 e. The Labute approximate surface area is 132 Å². The fourth-order valence-electron chi connectivity index (χ4n) is 1.95. The number of nitrogens with zero attached hydrogens (tertiary/aromatic N) is 2. The summed E-state index contributed by atoms with van der Waals surface area (Å²) in [5, 5.41) is 22.9. The summed E-state index contributed by atoms with van der Waals surface area (Å²) >= 11 is 0. The van der Waals surface area contributed by atoms with E-state index in [2.05, 4.69) is 10.1 Å². The first-order valence-electron chi connectivity index (χ1n) is 6.61. The molecule has 0 spiro atoms. The molecule has 0 aromatic heterocycles. The van der Waals surface area contributed by atoms with E-state index < -0.39 is 11.1 Å². The van der Waals surface area contributed by atoms with Crippen molar-refractivity contribution in [1.29, 1.82) is 0 Å². The molecule has 0 atom stereocenters. The van der Waals surface area contributed by atoms with Crippen LogP contribution in [0.1, 0.15) is 0 Å². The summed E-state index contributed by atoms with van der Waals surface area (Å²) in [6.45, 7) is 0. The third-order valence-electron chi connectivity index (χ3n) is 3.05. The number of rotatable bonds is 5. The molecule has 0 unspecified atom stereocenters. The van der Waals surface area contributed by atoms with Crippen molar-refractivity contribution in [2.45, 2.75) is 0 Å². The molecule has 120 valence electrons. The van der Waals surface area contributed by atoms with Crippen molar-refractivity contribution in [3.05, 3.63) is 52.6 Å². The van der Waals surface area contributed by atoms with E-state index in [-0.39, 0.29) is 17.1 Å². The van der Waals surface area contributed by atoms with Crippen molar-refractivity contribution in [3.63, 3.8) is 0 Å². The van der Waals surface area contributed by atoms with Crippen LogP contribution in [0.25, 0.3) is 0 Å². The van der Waals surface area contributed by atoms with E-state index in [0.29, 0.717) is 11.4 Å². The van der Waals surface area contributed by atoms with E-state index >= 15 is 0 Å². The van der Waals surface area contributed by atoms with Gasteiger partial charge in [0.05, 0.1) is 10.6 Å². The van der Waals surface area contributed by atoms with Gasteiger partial charge in [0.15, 0.2) is 5.75 Å². The minimum atomic E-state index is -1.46. The molecular weight excluding hydrogens is 302 g/mol. The predicted octanol–water partition coefficient (Wildman–Crippen LogP) is 3.46. The number of hydrogen-bond acceptors (Lipinski definition) is 6. The highest BCUT2D eigenvalue weighted by Crippen LogP contribution is 2.34. The van der Waals surface area contributed by atoms with E-state index in [4.69, 9.17) is 5.11 Å². The smallest absolute Gasteiger partial charge is 0.449 e. The Balaban J connectivity index is 2.40. The third kappa shape index (κ3) is 3.88. The molecule has 0 radical (unpaired) electrons. The maximum atomic E-state index is 11.3. The Kier molecular flexibility index (Phi) is 4.65. The molecule has 23 heavy (non-hydrogen) atoms. The maximum absolute atomic E-state index is 11.3. The number of hydrogen-bond donors (Lipinski definition) is 2. The molecular formula is C15H15N3O5. The van der Waals surface area contributed by atoms with Gasteiger partial charge in [-0.1, -0.05) is 12.1 Å². The summed E-state index contributed by atoms with van der Waals surface area (Å²) in [5.74, 6) is 0.0611. The maximum Gasteiger partial charge on any atom is 0.511 e.